The Bertz CT molecular complexity index is 1010. The fraction of sp³-hybridized carbons (Fsp3) is 0.526. The number of rotatable bonds is 2. The standard InChI is InChI=1S/C19H23NO4S/c1-18(2)9-14-10-19(3,11-18)12-20(14)25(22,23)15-5-6-16-13(8-15)4-7-17(21)24-16/h4-8,14H,9-12H2,1-3H3. The Morgan fingerprint density at radius 2 is 1.88 bits per heavy atom. The first-order chi connectivity index (χ1) is 11.6. The maximum Gasteiger partial charge on any atom is 0.336 e. The van der Waals surface area contributed by atoms with E-state index in [9.17, 15) is 13.2 Å². The van der Waals surface area contributed by atoms with E-state index in [-0.39, 0.29) is 21.8 Å². The highest BCUT2D eigenvalue weighted by molar-refractivity contribution is 7.89. The zero-order valence-corrected chi connectivity index (χ0v) is 15.6. The normalized spacial score (nSPS) is 29.2. The number of benzene rings is 1. The number of nitrogens with zero attached hydrogens (tertiary/aromatic N) is 1. The van der Waals surface area contributed by atoms with Crippen LogP contribution in [0, 0.1) is 10.8 Å². The predicted molar refractivity (Wildman–Crippen MR) is 95.9 cm³/mol. The van der Waals surface area contributed by atoms with E-state index in [2.05, 4.69) is 20.8 Å². The van der Waals surface area contributed by atoms with Gasteiger partial charge in [-0.25, -0.2) is 13.2 Å². The average molecular weight is 361 g/mol. The van der Waals surface area contributed by atoms with Crippen LogP contribution >= 0.6 is 0 Å². The van der Waals surface area contributed by atoms with Gasteiger partial charge in [0.2, 0.25) is 10.0 Å². The largest absolute Gasteiger partial charge is 0.423 e. The summed E-state index contributed by atoms with van der Waals surface area (Å²) < 4.78 is 33.3. The van der Waals surface area contributed by atoms with Crippen molar-refractivity contribution >= 4 is 21.0 Å². The van der Waals surface area contributed by atoms with Gasteiger partial charge in [-0.05, 0) is 54.4 Å². The fourth-order valence-electron chi connectivity index (χ4n) is 5.03. The van der Waals surface area contributed by atoms with Crippen LogP contribution in [-0.4, -0.2) is 25.3 Å². The zero-order valence-electron chi connectivity index (χ0n) is 14.8. The molecule has 2 aliphatic rings. The Labute approximate surface area is 147 Å². The second-order valence-corrected chi connectivity index (χ2v) is 10.6. The van der Waals surface area contributed by atoms with Crippen LogP contribution in [0.2, 0.25) is 0 Å². The third-order valence-electron chi connectivity index (χ3n) is 5.56. The molecule has 6 heteroatoms. The minimum atomic E-state index is -3.57. The molecule has 1 aromatic carbocycles. The van der Waals surface area contributed by atoms with Gasteiger partial charge >= 0.3 is 5.63 Å². The summed E-state index contributed by atoms with van der Waals surface area (Å²) in [6.07, 6.45) is 2.87. The van der Waals surface area contributed by atoms with E-state index in [0.29, 0.717) is 17.5 Å². The highest BCUT2D eigenvalue weighted by atomic mass is 32.2. The molecule has 0 spiro atoms. The Balaban J connectivity index is 1.75. The maximum absolute atomic E-state index is 13.3. The molecule has 1 aliphatic carbocycles. The lowest BCUT2D eigenvalue weighted by atomic mass is 9.65. The van der Waals surface area contributed by atoms with Gasteiger partial charge in [0.15, 0.2) is 0 Å². The molecule has 1 aliphatic heterocycles. The molecule has 0 radical (unpaired) electrons. The molecule has 0 amide bonds. The Morgan fingerprint density at radius 3 is 2.64 bits per heavy atom. The highest BCUT2D eigenvalue weighted by Crippen LogP contribution is 2.53. The van der Waals surface area contributed by atoms with Crippen molar-refractivity contribution in [2.24, 2.45) is 10.8 Å². The van der Waals surface area contributed by atoms with Crippen LogP contribution < -0.4 is 5.63 Å². The summed E-state index contributed by atoms with van der Waals surface area (Å²) in [5, 5.41) is 0.620. The second kappa shape index (κ2) is 5.17. The summed E-state index contributed by atoms with van der Waals surface area (Å²) in [6.45, 7) is 7.23. The fourth-order valence-corrected chi connectivity index (χ4v) is 6.84. The summed E-state index contributed by atoms with van der Waals surface area (Å²) in [5.41, 5.74) is 0.170. The van der Waals surface area contributed by atoms with Crippen LogP contribution in [0.15, 0.2) is 44.4 Å². The van der Waals surface area contributed by atoms with Gasteiger partial charge in [-0.3, -0.25) is 0 Å². The number of hydrogen-bond acceptors (Lipinski definition) is 4. The molecule has 1 saturated carbocycles. The van der Waals surface area contributed by atoms with E-state index in [4.69, 9.17) is 4.42 Å². The van der Waals surface area contributed by atoms with E-state index in [1.807, 2.05) is 0 Å². The lowest BCUT2D eigenvalue weighted by Crippen LogP contribution is -2.37. The molecular weight excluding hydrogens is 338 g/mol. The van der Waals surface area contributed by atoms with Crippen molar-refractivity contribution in [1.82, 2.24) is 4.31 Å². The molecule has 2 heterocycles. The minimum Gasteiger partial charge on any atom is -0.423 e. The molecule has 2 atom stereocenters. The van der Waals surface area contributed by atoms with Crippen molar-refractivity contribution in [3.63, 3.8) is 0 Å². The number of fused-ring (bicyclic) bond motifs is 3. The predicted octanol–water partition coefficient (Wildman–Crippen LogP) is 3.38. The van der Waals surface area contributed by atoms with Gasteiger partial charge in [-0.15, -0.1) is 0 Å². The van der Waals surface area contributed by atoms with Crippen molar-refractivity contribution in [3.8, 4) is 0 Å². The molecule has 0 N–H and O–H groups in total. The van der Waals surface area contributed by atoms with Crippen LogP contribution in [0.3, 0.4) is 0 Å². The van der Waals surface area contributed by atoms with E-state index < -0.39 is 15.6 Å². The van der Waals surface area contributed by atoms with E-state index in [1.54, 1.807) is 22.5 Å². The van der Waals surface area contributed by atoms with Gasteiger partial charge < -0.3 is 4.42 Å². The topological polar surface area (TPSA) is 67.6 Å². The third kappa shape index (κ3) is 2.81. The first kappa shape index (κ1) is 16.8. The smallest absolute Gasteiger partial charge is 0.336 e. The van der Waals surface area contributed by atoms with Crippen LogP contribution in [0.5, 0.6) is 0 Å². The molecule has 25 heavy (non-hydrogen) atoms. The lowest BCUT2D eigenvalue weighted by Gasteiger charge is -2.39. The van der Waals surface area contributed by atoms with Gasteiger partial charge in [0.05, 0.1) is 4.90 Å². The maximum atomic E-state index is 13.3. The van der Waals surface area contributed by atoms with Gasteiger partial charge in [0.25, 0.3) is 0 Å². The van der Waals surface area contributed by atoms with Gasteiger partial charge in [0, 0.05) is 24.0 Å². The van der Waals surface area contributed by atoms with E-state index >= 15 is 0 Å². The van der Waals surface area contributed by atoms with Crippen LogP contribution in [-0.2, 0) is 10.0 Å². The lowest BCUT2D eigenvalue weighted by molar-refractivity contribution is 0.133. The summed E-state index contributed by atoms with van der Waals surface area (Å²) >= 11 is 0. The van der Waals surface area contributed by atoms with E-state index in [1.165, 1.54) is 12.1 Å². The molecule has 2 aromatic rings. The average Bonchev–Trinajstić information content (AvgIpc) is 2.76. The van der Waals surface area contributed by atoms with Crippen molar-refractivity contribution in [2.75, 3.05) is 6.54 Å². The van der Waals surface area contributed by atoms with Gasteiger partial charge in [-0.1, -0.05) is 20.8 Å². The molecule has 2 unspecified atom stereocenters. The summed E-state index contributed by atoms with van der Waals surface area (Å²) in [7, 11) is -3.57. The first-order valence-electron chi connectivity index (χ1n) is 8.64. The van der Waals surface area contributed by atoms with Crippen LogP contribution in [0.4, 0.5) is 0 Å². The summed E-state index contributed by atoms with van der Waals surface area (Å²) in [5.74, 6) is 0. The molecule has 134 valence electrons. The Morgan fingerprint density at radius 1 is 1.12 bits per heavy atom. The highest BCUT2D eigenvalue weighted by Gasteiger charge is 2.53. The Hall–Kier alpha value is -1.66. The Kier molecular flexibility index (Phi) is 3.48. The molecular formula is C19H23NO4S. The molecule has 2 fully saturated rings. The summed E-state index contributed by atoms with van der Waals surface area (Å²) in [6, 6.07) is 7.68. The SMILES string of the molecule is CC1(C)CC2CC(C)(CN2S(=O)(=O)c2ccc3oc(=O)ccc3c2)C1. The zero-order chi connectivity index (χ0) is 18.0. The van der Waals surface area contributed by atoms with Crippen molar-refractivity contribution in [2.45, 2.75) is 51.0 Å². The van der Waals surface area contributed by atoms with Crippen LogP contribution in [0.1, 0.15) is 40.0 Å². The van der Waals surface area contributed by atoms with E-state index in [0.717, 1.165) is 19.3 Å². The van der Waals surface area contributed by atoms with Crippen molar-refractivity contribution in [3.05, 3.63) is 40.8 Å². The summed E-state index contributed by atoms with van der Waals surface area (Å²) in [4.78, 5) is 11.6. The molecule has 1 saturated heterocycles. The molecule has 5 nitrogen and oxygen atoms in total. The van der Waals surface area contributed by atoms with Crippen molar-refractivity contribution in [1.29, 1.82) is 0 Å². The third-order valence-corrected chi connectivity index (χ3v) is 7.46. The first-order valence-corrected chi connectivity index (χ1v) is 10.1. The number of sulfonamides is 1. The van der Waals surface area contributed by atoms with Crippen molar-refractivity contribution < 1.29 is 12.8 Å². The molecule has 4 rings (SSSR count). The molecule has 1 aromatic heterocycles. The second-order valence-electron chi connectivity index (χ2n) is 8.72. The van der Waals surface area contributed by atoms with Gasteiger partial charge in [0.1, 0.15) is 5.58 Å². The van der Waals surface area contributed by atoms with Crippen LogP contribution in [0.25, 0.3) is 11.0 Å². The number of hydrogen-bond donors (Lipinski definition) is 0. The monoisotopic (exact) mass is 361 g/mol. The van der Waals surface area contributed by atoms with Gasteiger partial charge in [-0.2, -0.15) is 4.31 Å². The quantitative estimate of drug-likeness (QED) is 0.769. The molecule has 2 bridgehead atoms. The minimum absolute atomic E-state index is 0.0448.